The zero-order valence-corrected chi connectivity index (χ0v) is 14.0. The summed E-state index contributed by atoms with van der Waals surface area (Å²) in [5, 5.41) is 0. The molecule has 130 valence electrons. The molecule has 6 nitrogen and oxygen atoms in total. The van der Waals surface area contributed by atoms with Gasteiger partial charge < -0.3 is 4.74 Å². The van der Waals surface area contributed by atoms with E-state index in [1.807, 2.05) is 39.7 Å². The number of hydrogen-bond acceptors (Lipinski definition) is 3. The Morgan fingerprint density at radius 2 is 1.42 bits per heavy atom. The zero-order chi connectivity index (χ0) is 16.7. The van der Waals surface area contributed by atoms with Crippen LogP contribution in [0.3, 0.4) is 0 Å². The molecule has 26 heavy (non-hydrogen) atoms. The van der Waals surface area contributed by atoms with Gasteiger partial charge in [0, 0.05) is 10.8 Å². The van der Waals surface area contributed by atoms with E-state index in [-0.39, 0.29) is 34.3 Å². The SMILES string of the molecule is O=c1n(-c2ccccc2)c(=O)n2n1[C@H]1[C@H]3C4C5[C@@]16C[C@@H]1O[C@@H]1C[C@]56[C@H]2[C@@H]43. The molecule has 3 aliphatic heterocycles. The van der Waals surface area contributed by atoms with Crippen LogP contribution in [0.25, 0.3) is 5.69 Å². The van der Waals surface area contributed by atoms with Gasteiger partial charge in [-0.05, 0) is 48.6 Å². The fourth-order valence-corrected chi connectivity index (χ4v) is 9.27. The number of epoxide rings is 1. The first-order valence-corrected chi connectivity index (χ1v) is 9.89. The minimum Gasteiger partial charge on any atom is -0.370 e. The highest BCUT2D eigenvalue weighted by Crippen LogP contribution is 3.05. The van der Waals surface area contributed by atoms with Crippen molar-refractivity contribution in [3.63, 3.8) is 0 Å². The molecule has 0 radical (unpaired) electrons. The highest BCUT2D eigenvalue weighted by Gasteiger charge is 3.04. The highest BCUT2D eigenvalue weighted by atomic mass is 16.6. The van der Waals surface area contributed by atoms with Gasteiger partial charge in [-0.1, -0.05) is 18.2 Å². The number of fused-ring (bicyclic) bond motifs is 1. The van der Waals surface area contributed by atoms with Crippen LogP contribution in [-0.2, 0) is 4.74 Å². The van der Waals surface area contributed by atoms with Gasteiger partial charge in [-0.15, -0.1) is 0 Å². The summed E-state index contributed by atoms with van der Waals surface area (Å²) >= 11 is 0. The third-order valence-corrected chi connectivity index (χ3v) is 9.57. The first kappa shape index (κ1) is 12.3. The third kappa shape index (κ3) is 0.839. The molecule has 0 amide bonds. The van der Waals surface area contributed by atoms with Crippen LogP contribution < -0.4 is 11.4 Å². The van der Waals surface area contributed by atoms with Crippen molar-refractivity contribution in [3.8, 4) is 5.69 Å². The minimum absolute atomic E-state index is 0.130. The molecule has 1 saturated heterocycles. The van der Waals surface area contributed by atoms with Crippen LogP contribution in [0.2, 0.25) is 0 Å². The summed E-state index contributed by atoms with van der Waals surface area (Å²) in [6.07, 6.45) is 3.10. The molecule has 4 heterocycles. The highest BCUT2D eigenvalue weighted by molar-refractivity contribution is 5.51. The number of aromatic nitrogens is 3. The van der Waals surface area contributed by atoms with E-state index in [9.17, 15) is 9.59 Å². The molecule has 8 aliphatic rings. The van der Waals surface area contributed by atoms with Crippen LogP contribution in [0, 0.1) is 34.5 Å². The Morgan fingerprint density at radius 1 is 0.846 bits per heavy atom. The van der Waals surface area contributed by atoms with Crippen LogP contribution >= 0.6 is 0 Å². The Hall–Kier alpha value is -2.08. The lowest BCUT2D eigenvalue weighted by atomic mass is 9.65. The molecule has 6 heteroatoms. The van der Waals surface area contributed by atoms with Gasteiger partial charge in [0.05, 0.1) is 30.0 Å². The Morgan fingerprint density at radius 3 is 2.00 bits per heavy atom. The number of ether oxygens (including phenoxy) is 1. The van der Waals surface area contributed by atoms with Crippen molar-refractivity contribution in [3.05, 3.63) is 51.3 Å². The van der Waals surface area contributed by atoms with Crippen LogP contribution in [0.4, 0.5) is 0 Å². The lowest BCUT2D eigenvalue weighted by molar-refractivity contribution is -0.0170. The van der Waals surface area contributed by atoms with Gasteiger partial charge in [0.15, 0.2) is 0 Å². The summed E-state index contributed by atoms with van der Waals surface area (Å²) in [7, 11) is 0. The van der Waals surface area contributed by atoms with Gasteiger partial charge in [-0.3, -0.25) is 0 Å². The Kier molecular flexibility index (Phi) is 1.45. The van der Waals surface area contributed by atoms with Gasteiger partial charge in [-0.25, -0.2) is 23.5 Å². The maximum Gasteiger partial charge on any atom is 0.352 e. The molecule has 5 saturated carbocycles. The average Bonchev–Trinajstić information content (AvgIpc) is 3.55. The molecular formula is C20H17N3O3. The van der Waals surface area contributed by atoms with E-state index in [2.05, 4.69) is 0 Å². The van der Waals surface area contributed by atoms with Crippen LogP contribution in [0.15, 0.2) is 39.9 Å². The summed E-state index contributed by atoms with van der Waals surface area (Å²) < 4.78 is 11.1. The van der Waals surface area contributed by atoms with E-state index in [4.69, 9.17) is 4.74 Å². The second kappa shape index (κ2) is 3.07. The largest absolute Gasteiger partial charge is 0.370 e. The van der Waals surface area contributed by atoms with Crippen molar-refractivity contribution >= 4 is 0 Å². The Labute approximate surface area is 148 Å². The van der Waals surface area contributed by atoms with Gasteiger partial charge in [0.2, 0.25) is 0 Å². The standard InChI is InChI=1S/C20H17N3O3/c24-17-21(8-4-2-1-3-5-8)18(25)23-16-13-11-12(13)15(22(17)23)19-6-9-10(26-9)7-20(16,19)14(11)19/h1-5,9-16H,6-7H2/t9-,10+,11?,12-,13-,14?,15-,16+,19-,20+/m0/s1. The van der Waals surface area contributed by atoms with Crippen molar-refractivity contribution in [1.29, 1.82) is 0 Å². The maximum atomic E-state index is 13.4. The molecule has 2 spiro atoms. The van der Waals surface area contributed by atoms with Crippen LogP contribution in [0.5, 0.6) is 0 Å². The Bertz CT molecular complexity index is 1120. The van der Waals surface area contributed by atoms with Crippen LogP contribution in [-0.4, -0.2) is 26.1 Å². The summed E-state index contributed by atoms with van der Waals surface area (Å²) in [6, 6.07) is 9.88. The van der Waals surface area contributed by atoms with E-state index < -0.39 is 0 Å². The molecule has 2 aromatic rings. The number of para-hydroxylation sites is 1. The van der Waals surface area contributed by atoms with Crippen LogP contribution in [0.1, 0.15) is 24.9 Å². The quantitative estimate of drug-likeness (QED) is 0.722. The molecule has 1 aromatic carbocycles. The molecule has 2 bridgehead atoms. The van der Waals surface area contributed by atoms with Crippen molar-refractivity contribution in [1.82, 2.24) is 13.9 Å². The Balaban J connectivity index is 1.38. The normalized spacial score (nSPS) is 56.6. The van der Waals surface area contributed by atoms with Crippen molar-refractivity contribution in [2.75, 3.05) is 0 Å². The van der Waals surface area contributed by atoms with Gasteiger partial charge in [-0.2, -0.15) is 0 Å². The van der Waals surface area contributed by atoms with Gasteiger partial charge >= 0.3 is 11.4 Å². The summed E-state index contributed by atoms with van der Waals surface area (Å²) in [6.45, 7) is 0. The minimum atomic E-state index is -0.130. The number of nitrogens with zero attached hydrogens (tertiary/aromatic N) is 3. The second-order valence-corrected chi connectivity index (χ2v) is 9.73. The predicted molar refractivity (Wildman–Crippen MR) is 89.1 cm³/mol. The first-order valence-electron chi connectivity index (χ1n) is 9.89. The van der Waals surface area contributed by atoms with Gasteiger partial charge in [0.25, 0.3) is 0 Å². The summed E-state index contributed by atoms with van der Waals surface area (Å²) in [4.78, 5) is 26.8. The second-order valence-electron chi connectivity index (χ2n) is 9.73. The first-order chi connectivity index (χ1) is 12.7. The maximum absolute atomic E-state index is 13.4. The smallest absolute Gasteiger partial charge is 0.352 e. The van der Waals surface area contributed by atoms with Crippen molar-refractivity contribution in [2.45, 2.75) is 37.1 Å². The van der Waals surface area contributed by atoms with E-state index in [1.54, 1.807) is 0 Å². The molecule has 5 aliphatic carbocycles. The fraction of sp³-hybridized carbons (Fsp3) is 0.600. The average molecular weight is 347 g/mol. The predicted octanol–water partition coefficient (Wildman–Crippen LogP) is 0.950. The number of hydrogen-bond donors (Lipinski definition) is 0. The van der Waals surface area contributed by atoms with E-state index in [0.717, 1.165) is 24.7 Å². The topological polar surface area (TPSA) is 61.5 Å². The lowest BCUT2D eigenvalue weighted by Gasteiger charge is -2.49. The van der Waals surface area contributed by atoms with Crippen molar-refractivity contribution in [2.24, 2.45) is 34.5 Å². The number of benzene rings is 1. The van der Waals surface area contributed by atoms with Crippen molar-refractivity contribution < 1.29 is 4.74 Å². The monoisotopic (exact) mass is 347 g/mol. The van der Waals surface area contributed by atoms with E-state index in [1.165, 1.54) is 4.57 Å². The summed E-state index contributed by atoms with van der Waals surface area (Å²) in [5.41, 5.74) is 0.955. The molecular weight excluding hydrogens is 330 g/mol. The molecule has 6 fully saturated rings. The number of rotatable bonds is 1. The molecule has 2 unspecified atom stereocenters. The molecule has 10 rings (SSSR count). The van der Waals surface area contributed by atoms with Gasteiger partial charge in [0.1, 0.15) is 0 Å². The summed E-state index contributed by atoms with van der Waals surface area (Å²) in [5.74, 6) is 2.82. The third-order valence-electron chi connectivity index (χ3n) is 9.57. The molecule has 10 atom stereocenters. The van der Waals surface area contributed by atoms with E-state index >= 15 is 0 Å². The molecule has 0 N–H and O–H groups in total. The fourth-order valence-electron chi connectivity index (χ4n) is 9.27. The zero-order valence-electron chi connectivity index (χ0n) is 14.0. The lowest BCUT2D eigenvalue weighted by Crippen LogP contribution is -2.54. The van der Waals surface area contributed by atoms with E-state index in [0.29, 0.717) is 29.7 Å². The molecule has 1 aromatic heterocycles.